The Labute approximate surface area is 163 Å². The van der Waals surface area contributed by atoms with E-state index < -0.39 is 16.0 Å². The van der Waals surface area contributed by atoms with E-state index in [4.69, 9.17) is 9.47 Å². The number of hydrogen-bond donors (Lipinski definition) is 2. The summed E-state index contributed by atoms with van der Waals surface area (Å²) >= 11 is 0. The van der Waals surface area contributed by atoms with E-state index in [9.17, 15) is 18.0 Å². The van der Waals surface area contributed by atoms with Crippen LogP contribution in [0.5, 0.6) is 5.75 Å². The highest BCUT2D eigenvalue weighted by Crippen LogP contribution is 2.29. The highest BCUT2D eigenvalue weighted by molar-refractivity contribution is 7.92. The number of nitrogens with one attached hydrogen (secondary N) is 2. The molecule has 2 rings (SSSR count). The first-order chi connectivity index (χ1) is 13.3. The van der Waals surface area contributed by atoms with Crippen LogP contribution in [0.1, 0.15) is 31.1 Å². The molecule has 0 unspecified atom stereocenters. The van der Waals surface area contributed by atoms with Gasteiger partial charge < -0.3 is 14.8 Å². The number of esters is 1. The largest absolute Gasteiger partial charge is 0.492 e. The zero-order chi connectivity index (χ0) is 20.7. The molecular weight excluding hydrogens is 384 g/mol. The highest BCUT2D eigenvalue weighted by atomic mass is 32.2. The summed E-state index contributed by atoms with van der Waals surface area (Å²) in [5, 5.41) is 2.55. The zero-order valence-electron chi connectivity index (χ0n) is 15.8. The van der Waals surface area contributed by atoms with Crippen molar-refractivity contribution in [2.75, 3.05) is 23.3 Å². The van der Waals surface area contributed by atoms with Gasteiger partial charge in [0.2, 0.25) is 5.91 Å². The number of hydrogen-bond acceptors (Lipinski definition) is 6. The highest BCUT2D eigenvalue weighted by Gasteiger charge is 2.21. The van der Waals surface area contributed by atoms with E-state index in [0.29, 0.717) is 12.4 Å². The maximum absolute atomic E-state index is 12.8. The van der Waals surface area contributed by atoms with E-state index in [0.717, 1.165) is 0 Å². The molecule has 2 N–H and O–H groups in total. The van der Waals surface area contributed by atoms with Gasteiger partial charge in [-0.3, -0.25) is 9.52 Å². The van der Waals surface area contributed by atoms with Crippen molar-refractivity contribution in [2.45, 2.75) is 25.7 Å². The second-order valence-corrected chi connectivity index (χ2v) is 7.33. The van der Waals surface area contributed by atoms with Gasteiger partial charge in [-0.05, 0) is 44.2 Å². The predicted octanol–water partition coefficient (Wildman–Crippen LogP) is 3.02. The van der Waals surface area contributed by atoms with Gasteiger partial charge in [-0.25, -0.2) is 13.2 Å². The summed E-state index contributed by atoms with van der Waals surface area (Å²) in [6.45, 7) is 5.26. The summed E-state index contributed by atoms with van der Waals surface area (Å²) in [6, 6.07) is 10.2. The molecule has 0 saturated heterocycles. The van der Waals surface area contributed by atoms with E-state index in [1.807, 2.05) is 0 Å². The third kappa shape index (κ3) is 5.23. The number of ether oxygens (including phenoxy) is 2. The van der Waals surface area contributed by atoms with Gasteiger partial charge in [0.25, 0.3) is 10.0 Å². The van der Waals surface area contributed by atoms with E-state index >= 15 is 0 Å². The van der Waals surface area contributed by atoms with Gasteiger partial charge in [0.15, 0.2) is 0 Å². The summed E-state index contributed by atoms with van der Waals surface area (Å²) in [7, 11) is -4.04. The Morgan fingerprint density at radius 1 is 1.00 bits per heavy atom. The van der Waals surface area contributed by atoms with Crippen molar-refractivity contribution >= 4 is 33.3 Å². The summed E-state index contributed by atoms with van der Waals surface area (Å²) in [4.78, 5) is 23.4. The van der Waals surface area contributed by atoms with Gasteiger partial charge in [-0.2, -0.15) is 0 Å². The Bertz CT molecular complexity index is 972. The van der Waals surface area contributed by atoms with Crippen molar-refractivity contribution in [3.63, 3.8) is 0 Å². The van der Waals surface area contributed by atoms with Crippen LogP contribution in [0.25, 0.3) is 0 Å². The van der Waals surface area contributed by atoms with Crippen LogP contribution in [0.15, 0.2) is 47.4 Å². The first kappa shape index (κ1) is 21.2. The number of anilines is 2. The molecule has 0 aliphatic carbocycles. The molecule has 28 heavy (non-hydrogen) atoms. The fourth-order valence-corrected chi connectivity index (χ4v) is 3.51. The van der Waals surface area contributed by atoms with Gasteiger partial charge in [-0.15, -0.1) is 0 Å². The molecule has 0 aromatic heterocycles. The summed E-state index contributed by atoms with van der Waals surface area (Å²) in [5.74, 6) is -0.647. The van der Waals surface area contributed by atoms with E-state index in [-0.39, 0.29) is 34.3 Å². The number of amides is 1. The second-order valence-electron chi connectivity index (χ2n) is 5.64. The molecule has 0 bridgehead atoms. The lowest BCUT2D eigenvalue weighted by molar-refractivity contribution is -0.114. The first-order valence-corrected chi connectivity index (χ1v) is 10.1. The lowest BCUT2D eigenvalue weighted by Crippen LogP contribution is -2.17. The molecule has 9 heteroatoms. The predicted molar refractivity (Wildman–Crippen MR) is 105 cm³/mol. The van der Waals surface area contributed by atoms with E-state index in [1.54, 1.807) is 26.0 Å². The Hall–Kier alpha value is -3.07. The van der Waals surface area contributed by atoms with Crippen LogP contribution in [-0.4, -0.2) is 33.5 Å². The van der Waals surface area contributed by atoms with Crippen LogP contribution in [0, 0.1) is 0 Å². The van der Waals surface area contributed by atoms with E-state index in [1.165, 1.54) is 37.3 Å². The molecule has 0 heterocycles. The average Bonchev–Trinajstić information content (AvgIpc) is 2.63. The molecule has 1 amide bonds. The Kier molecular flexibility index (Phi) is 7.00. The maximum atomic E-state index is 12.8. The molecule has 8 nitrogen and oxygen atoms in total. The Morgan fingerprint density at radius 3 is 2.36 bits per heavy atom. The molecule has 0 fully saturated rings. The standard InChI is InChI=1S/C19H22N2O6S/c1-4-26-18-11-10-14(12-17(18)20-13(3)22)28(24,25)21-16-9-7-6-8-15(16)19(23)27-5-2/h6-12,21H,4-5H2,1-3H3,(H,20,22). The molecule has 0 radical (unpaired) electrons. The number of sulfonamides is 1. The maximum Gasteiger partial charge on any atom is 0.340 e. The average molecular weight is 406 g/mol. The van der Waals surface area contributed by atoms with Crippen LogP contribution in [-0.2, 0) is 19.6 Å². The second kappa shape index (κ2) is 9.23. The summed E-state index contributed by atoms with van der Waals surface area (Å²) < 4.78 is 38.4. The zero-order valence-corrected chi connectivity index (χ0v) is 16.6. The molecule has 0 aliphatic rings. The number of rotatable bonds is 8. The lowest BCUT2D eigenvalue weighted by Gasteiger charge is -2.15. The fraction of sp³-hybridized carbons (Fsp3) is 0.263. The van der Waals surface area contributed by atoms with E-state index in [2.05, 4.69) is 10.0 Å². The van der Waals surface area contributed by atoms with Crippen LogP contribution >= 0.6 is 0 Å². The molecule has 0 saturated carbocycles. The summed E-state index contributed by atoms with van der Waals surface area (Å²) in [6.07, 6.45) is 0. The van der Waals surface area contributed by atoms with Crippen molar-refractivity contribution in [3.05, 3.63) is 48.0 Å². The Balaban J connectivity index is 2.40. The van der Waals surface area contributed by atoms with Gasteiger partial charge in [0.1, 0.15) is 5.75 Å². The van der Waals surface area contributed by atoms with Gasteiger partial charge in [-0.1, -0.05) is 12.1 Å². The van der Waals surface area contributed by atoms with Crippen molar-refractivity contribution in [1.82, 2.24) is 0 Å². The normalized spacial score (nSPS) is 10.8. The molecule has 0 aliphatic heterocycles. The fourth-order valence-electron chi connectivity index (χ4n) is 2.41. The SMILES string of the molecule is CCOC(=O)c1ccccc1NS(=O)(=O)c1ccc(OCC)c(NC(C)=O)c1. The van der Waals surface area contributed by atoms with Crippen LogP contribution < -0.4 is 14.8 Å². The molecule has 0 spiro atoms. The van der Waals surface area contributed by atoms with Gasteiger partial charge in [0, 0.05) is 6.92 Å². The van der Waals surface area contributed by atoms with Crippen LogP contribution in [0.3, 0.4) is 0 Å². The molecule has 150 valence electrons. The molecular formula is C19H22N2O6S. The summed E-state index contributed by atoms with van der Waals surface area (Å²) in [5.41, 5.74) is 0.424. The number of para-hydroxylation sites is 1. The monoisotopic (exact) mass is 406 g/mol. The third-order valence-corrected chi connectivity index (χ3v) is 4.90. The number of carbonyl (C=O) groups is 2. The smallest absolute Gasteiger partial charge is 0.340 e. The number of carbonyl (C=O) groups excluding carboxylic acids is 2. The first-order valence-electron chi connectivity index (χ1n) is 8.62. The van der Waals surface area contributed by atoms with Crippen LogP contribution in [0.2, 0.25) is 0 Å². The quantitative estimate of drug-likeness (QED) is 0.652. The lowest BCUT2D eigenvalue weighted by atomic mass is 10.2. The van der Waals surface area contributed by atoms with Crippen molar-refractivity contribution in [2.24, 2.45) is 0 Å². The third-order valence-electron chi connectivity index (χ3n) is 3.54. The molecule has 2 aromatic rings. The van der Waals surface area contributed by atoms with Gasteiger partial charge in [0.05, 0.1) is 35.0 Å². The van der Waals surface area contributed by atoms with Crippen molar-refractivity contribution in [3.8, 4) is 5.75 Å². The minimum Gasteiger partial charge on any atom is -0.492 e. The molecule has 2 aromatic carbocycles. The topological polar surface area (TPSA) is 111 Å². The van der Waals surface area contributed by atoms with Gasteiger partial charge >= 0.3 is 5.97 Å². The van der Waals surface area contributed by atoms with Crippen LogP contribution in [0.4, 0.5) is 11.4 Å². The van der Waals surface area contributed by atoms with Crippen molar-refractivity contribution < 1.29 is 27.5 Å². The van der Waals surface area contributed by atoms with Crippen molar-refractivity contribution in [1.29, 1.82) is 0 Å². The minimum absolute atomic E-state index is 0.0934. The molecule has 0 atom stereocenters. The minimum atomic E-state index is -4.04. The Morgan fingerprint density at radius 2 is 1.71 bits per heavy atom. The number of benzene rings is 2.